The van der Waals surface area contributed by atoms with Crippen LogP contribution in [-0.2, 0) is 6.42 Å². The third-order valence-electron chi connectivity index (χ3n) is 3.02. The summed E-state index contributed by atoms with van der Waals surface area (Å²) in [5.74, 6) is 0.600. The lowest BCUT2D eigenvalue weighted by molar-refractivity contribution is 0.847. The number of fused-ring (bicyclic) bond motifs is 1. The van der Waals surface area contributed by atoms with Crippen LogP contribution in [0.3, 0.4) is 0 Å². The summed E-state index contributed by atoms with van der Waals surface area (Å²) in [6.07, 6.45) is 5.60. The maximum Gasteiger partial charge on any atom is 0.0351 e. The van der Waals surface area contributed by atoms with Crippen LogP contribution in [0, 0.1) is 0 Å². The second kappa shape index (κ2) is 4.32. The van der Waals surface area contributed by atoms with Gasteiger partial charge in [0.25, 0.3) is 0 Å². The molecule has 1 aliphatic rings. The Morgan fingerprint density at radius 3 is 2.50 bits per heavy atom. The fourth-order valence-electron chi connectivity index (χ4n) is 2.34. The zero-order valence-corrected chi connectivity index (χ0v) is 10.7. The second-order valence-electron chi connectivity index (χ2n) is 5.19. The summed E-state index contributed by atoms with van der Waals surface area (Å²) in [6, 6.07) is 5.07. The average molecular weight is 215 g/mol. The van der Waals surface area contributed by atoms with Crippen molar-refractivity contribution in [3.05, 3.63) is 34.9 Å². The van der Waals surface area contributed by atoms with Gasteiger partial charge in [-0.05, 0) is 55.0 Å². The molecule has 1 aliphatic carbocycles. The molecule has 1 heteroatoms. The normalized spacial score (nSPS) is 13.6. The lowest BCUT2D eigenvalue weighted by atomic mass is 9.93. The number of hydrogen-bond acceptors (Lipinski definition) is 1. The van der Waals surface area contributed by atoms with Crippen LogP contribution in [0.5, 0.6) is 0 Å². The molecule has 0 fully saturated rings. The van der Waals surface area contributed by atoms with Gasteiger partial charge >= 0.3 is 0 Å². The monoisotopic (exact) mass is 215 g/mol. The number of rotatable bonds is 3. The molecule has 1 N–H and O–H groups in total. The molecular formula is C15H21N. The first-order chi connectivity index (χ1) is 7.58. The van der Waals surface area contributed by atoms with E-state index in [1.54, 1.807) is 0 Å². The Morgan fingerprint density at radius 1 is 1.12 bits per heavy atom. The Balaban J connectivity index is 2.42. The molecule has 1 nitrogen and oxygen atoms in total. The average Bonchev–Trinajstić information content (AvgIpc) is 2.62. The van der Waals surface area contributed by atoms with E-state index in [9.17, 15) is 0 Å². The van der Waals surface area contributed by atoms with Crippen LogP contribution in [-0.4, -0.2) is 6.04 Å². The molecule has 0 spiro atoms. The van der Waals surface area contributed by atoms with Crippen molar-refractivity contribution in [2.24, 2.45) is 0 Å². The smallest absolute Gasteiger partial charge is 0.0351 e. The van der Waals surface area contributed by atoms with Crippen LogP contribution >= 0.6 is 0 Å². The Bertz CT molecular complexity index is 414. The van der Waals surface area contributed by atoms with Crippen molar-refractivity contribution >= 4 is 11.8 Å². The zero-order valence-electron chi connectivity index (χ0n) is 10.7. The molecule has 0 radical (unpaired) electrons. The van der Waals surface area contributed by atoms with Crippen molar-refractivity contribution in [2.75, 3.05) is 5.32 Å². The Morgan fingerprint density at radius 2 is 1.88 bits per heavy atom. The van der Waals surface area contributed by atoms with Crippen LogP contribution in [0.25, 0.3) is 6.08 Å². The van der Waals surface area contributed by atoms with Crippen LogP contribution in [0.4, 0.5) is 5.69 Å². The Hall–Kier alpha value is -1.24. The van der Waals surface area contributed by atoms with E-state index in [1.807, 2.05) is 0 Å². The molecule has 86 valence electrons. The predicted octanol–water partition coefficient (Wildman–Crippen LogP) is 4.20. The number of anilines is 1. The van der Waals surface area contributed by atoms with Crippen LogP contribution in [0.15, 0.2) is 18.2 Å². The molecule has 16 heavy (non-hydrogen) atoms. The molecule has 0 saturated heterocycles. The summed E-state index contributed by atoms with van der Waals surface area (Å²) in [4.78, 5) is 0. The SMILES string of the molecule is CC(C)Nc1cc2c(c(C(C)C)c1)CC=C2. The fraction of sp³-hybridized carbons (Fsp3) is 0.467. The van der Waals surface area contributed by atoms with E-state index in [0.717, 1.165) is 6.42 Å². The molecule has 1 aromatic rings. The van der Waals surface area contributed by atoms with Gasteiger partial charge in [-0.15, -0.1) is 0 Å². The van der Waals surface area contributed by atoms with Crippen molar-refractivity contribution in [1.82, 2.24) is 0 Å². The van der Waals surface area contributed by atoms with E-state index in [-0.39, 0.29) is 0 Å². The van der Waals surface area contributed by atoms with Gasteiger partial charge in [0.15, 0.2) is 0 Å². The molecule has 0 amide bonds. The molecule has 0 saturated carbocycles. The number of hydrogen-bond donors (Lipinski definition) is 1. The summed E-state index contributed by atoms with van der Waals surface area (Å²) in [5.41, 5.74) is 5.66. The zero-order chi connectivity index (χ0) is 11.7. The molecule has 0 aliphatic heterocycles. The largest absolute Gasteiger partial charge is 0.383 e. The maximum absolute atomic E-state index is 3.50. The molecular weight excluding hydrogens is 194 g/mol. The lowest BCUT2D eigenvalue weighted by Gasteiger charge is -2.17. The van der Waals surface area contributed by atoms with E-state index in [0.29, 0.717) is 12.0 Å². The molecule has 0 heterocycles. The Kier molecular flexibility index (Phi) is 3.04. The number of benzene rings is 1. The van der Waals surface area contributed by atoms with Gasteiger partial charge < -0.3 is 5.32 Å². The van der Waals surface area contributed by atoms with Gasteiger partial charge in [0.05, 0.1) is 0 Å². The van der Waals surface area contributed by atoms with Gasteiger partial charge in [-0.1, -0.05) is 26.0 Å². The summed E-state index contributed by atoms with van der Waals surface area (Å²) in [6.45, 7) is 8.90. The van der Waals surface area contributed by atoms with Crippen LogP contribution in [0.2, 0.25) is 0 Å². The van der Waals surface area contributed by atoms with Crippen molar-refractivity contribution in [2.45, 2.75) is 46.1 Å². The molecule has 0 aromatic heterocycles. The quantitative estimate of drug-likeness (QED) is 0.796. The van der Waals surface area contributed by atoms with Crippen LogP contribution < -0.4 is 5.32 Å². The Labute approximate surface area is 98.6 Å². The third-order valence-corrected chi connectivity index (χ3v) is 3.02. The first kappa shape index (κ1) is 11.3. The highest BCUT2D eigenvalue weighted by molar-refractivity contribution is 5.68. The van der Waals surface area contributed by atoms with Crippen molar-refractivity contribution in [3.63, 3.8) is 0 Å². The maximum atomic E-state index is 3.50. The standard InChI is InChI=1S/C15H21N/c1-10(2)15-9-13(16-11(3)4)8-12-6-5-7-14(12)15/h5-6,8-11,16H,7H2,1-4H3. The minimum Gasteiger partial charge on any atom is -0.383 e. The first-order valence-electron chi connectivity index (χ1n) is 6.18. The van der Waals surface area contributed by atoms with E-state index < -0.39 is 0 Å². The van der Waals surface area contributed by atoms with Gasteiger partial charge in [-0.3, -0.25) is 0 Å². The van der Waals surface area contributed by atoms with Gasteiger partial charge in [0.2, 0.25) is 0 Å². The summed E-state index contributed by atoms with van der Waals surface area (Å²) in [5, 5.41) is 3.50. The van der Waals surface area contributed by atoms with E-state index in [2.05, 4.69) is 57.3 Å². The molecule has 0 atom stereocenters. The van der Waals surface area contributed by atoms with E-state index >= 15 is 0 Å². The highest BCUT2D eigenvalue weighted by Gasteiger charge is 2.14. The van der Waals surface area contributed by atoms with Gasteiger partial charge in [-0.25, -0.2) is 0 Å². The first-order valence-corrected chi connectivity index (χ1v) is 6.18. The molecule has 1 aromatic carbocycles. The van der Waals surface area contributed by atoms with Gasteiger partial charge in [0, 0.05) is 11.7 Å². The third kappa shape index (κ3) is 2.13. The van der Waals surface area contributed by atoms with Gasteiger partial charge in [-0.2, -0.15) is 0 Å². The molecule has 0 unspecified atom stereocenters. The fourth-order valence-corrected chi connectivity index (χ4v) is 2.34. The van der Waals surface area contributed by atoms with Crippen LogP contribution in [0.1, 0.15) is 50.3 Å². The minimum atomic E-state index is 0.489. The summed E-state index contributed by atoms with van der Waals surface area (Å²) in [7, 11) is 0. The predicted molar refractivity (Wildman–Crippen MR) is 72.0 cm³/mol. The number of nitrogens with one attached hydrogen (secondary N) is 1. The lowest BCUT2D eigenvalue weighted by Crippen LogP contribution is -2.10. The summed E-state index contributed by atoms with van der Waals surface area (Å²) < 4.78 is 0. The van der Waals surface area contributed by atoms with Crippen molar-refractivity contribution in [1.29, 1.82) is 0 Å². The highest BCUT2D eigenvalue weighted by Crippen LogP contribution is 2.32. The highest BCUT2D eigenvalue weighted by atomic mass is 14.9. The second-order valence-corrected chi connectivity index (χ2v) is 5.19. The van der Waals surface area contributed by atoms with Crippen molar-refractivity contribution in [3.8, 4) is 0 Å². The minimum absolute atomic E-state index is 0.489. The summed E-state index contributed by atoms with van der Waals surface area (Å²) >= 11 is 0. The van der Waals surface area contributed by atoms with E-state index in [4.69, 9.17) is 0 Å². The van der Waals surface area contributed by atoms with Crippen molar-refractivity contribution < 1.29 is 0 Å². The topological polar surface area (TPSA) is 12.0 Å². The number of allylic oxidation sites excluding steroid dienone is 1. The van der Waals surface area contributed by atoms with Gasteiger partial charge in [0.1, 0.15) is 0 Å². The molecule has 2 rings (SSSR count). The van der Waals surface area contributed by atoms with E-state index in [1.165, 1.54) is 22.4 Å². The molecule has 0 bridgehead atoms.